The van der Waals surface area contributed by atoms with Crippen LogP contribution in [0.4, 0.5) is 4.79 Å². The molecule has 0 aromatic heterocycles. The van der Waals surface area contributed by atoms with E-state index in [1.165, 1.54) is 32.6 Å². The molecule has 1 heterocycles. The monoisotopic (exact) mass is 467 g/mol. The Hall–Kier alpha value is -0.0100. The summed E-state index contributed by atoms with van der Waals surface area (Å²) in [5, 5.41) is 8.51. The van der Waals surface area contributed by atoms with E-state index in [1.807, 2.05) is 0 Å². The predicted octanol–water partition coefficient (Wildman–Crippen LogP) is 0.200. The maximum absolute atomic E-state index is 11.9. The van der Waals surface area contributed by atoms with Gasteiger partial charge in [0.1, 0.15) is 29.6 Å². The molecule has 1 rings (SSSR count). The normalized spacial score (nSPS) is 18.7. The maximum Gasteiger partial charge on any atom is 0.409 e. The topological polar surface area (TPSA) is 124 Å². The van der Waals surface area contributed by atoms with E-state index in [1.54, 1.807) is 0 Å². The number of carbonyl (C=O) groups excluding carboxylic acids is 1. The first-order valence-electron chi connectivity index (χ1n) is 7.13. The van der Waals surface area contributed by atoms with E-state index in [2.05, 4.69) is 0 Å². The lowest BCUT2D eigenvalue weighted by Crippen LogP contribution is -2.48. The van der Waals surface area contributed by atoms with Crippen molar-refractivity contribution in [1.82, 2.24) is 9.57 Å². The van der Waals surface area contributed by atoms with Crippen molar-refractivity contribution in [3.63, 3.8) is 0 Å². The molecular weight excluding hydrogens is 444 g/mol. The first-order chi connectivity index (χ1) is 11.0. The molecule has 0 aliphatic carbocycles. The molecule has 0 aromatic carbocycles. The third-order valence-electron chi connectivity index (χ3n) is 3.07. The number of halogens is 1. The van der Waals surface area contributed by atoms with Gasteiger partial charge < -0.3 is 24.2 Å². The second-order valence-electron chi connectivity index (χ2n) is 4.64. The Bertz CT molecular complexity index is 396. The molecule has 0 spiro atoms. The van der Waals surface area contributed by atoms with Crippen LogP contribution in [0.3, 0.4) is 0 Å². The van der Waals surface area contributed by atoms with Gasteiger partial charge >= 0.3 is 13.8 Å². The molecule has 1 fully saturated rings. The van der Waals surface area contributed by atoms with Crippen molar-refractivity contribution in [3.8, 4) is 0 Å². The summed E-state index contributed by atoms with van der Waals surface area (Å²) in [7, 11) is -3.25. The second-order valence-corrected chi connectivity index (χ2v) is 7.65. The molecule has 0 bridgehead atoms. The van der Waals surface area contributed by atoms with Gasteiger partial charge in [0.2, 0.25) is 0 Å². The van der Waals surface area contributed by atoms with Crippen LogP contribution in [0.1, 0.15) is 0 Å². The smallest absolute Gasteiger partial charge is 0.409 e. The summed E-state index contributed by atoms with van der Waals surface area (Å²) in [6.07, 6.45) is -0.438. The minimum atomic E-state index is -3.25. The molecule has 1 aliphatic rings. The lowest BCUT2D eigenvalue weighted by Gasteiger charge is -2.35. The number of piperazine rings is 1. The number of aliphatic hydroxyl groups excluding tert-OH is 1. The Kier molecular flexibility index (Phi) is 10.5. The van der Waals surface area contributed by atoms with E-state index >= 15 is 0 Å². The summed E-state index contributed by atoms with van der Waals surface area (Å²) in [5.41, 5.74) is 5.55. The van der Waals surface area contributed by atoms with Crippen LogP contribution in [-0.2, 0) is 21.6 Å². The van der Waals surface area contributed by atoms with Crippen LogP contribution in [-0.4, -0.2) is 86.6 Å². The predicted molar refractivity (Wildman–Crippen MR) is 90.1 cm³/mol. The zero-order chi connectivity index (χ0) is 17.1. The van der Waals surface area contributed by atoms with Crippen LogP contribution >= 0.6 is 30.7 Å². The lowest BCUT2D eigenvalue weighted by atomic mass is 10.4. The fourth-order valence-electron chi connectivity index (χ4n) is 1.87. The Morgan fingerprint density at radius 3 is 2.22 bits per heavy atom. The van der Waals surface area contributed by atoms with Gasteiger partial charge in [-0.3, -0.25) is 4.57 Å². The van der Waals surface area contributed by atoms with Crippen molar-refractivity contribution >= 4 is 36.8 Å². The highest BCUT2D eigenvalue weighted by molar-refractivity contribution is 14.1. The summed E-state index contributed by atoms with van der Waals surface area (Å²) in [6, 6.07) is 0. The fourth-order valence-corrected chi connectivity index (χ4v) is 3.44. The van der Waals surface area contributed by atoms with Crippen LogP contribution in [0.15, 0.2) is 0 Å². The zero-order valence-electron chi connectivity index (χ0n) is 12.8. The van der Waals surface area contributed by atoms with Crippen molar-refractivity contribution in [3.05, 3.63) is 0 Å². The van der Waals surface area contributed by atoms with Gasteiger partial charge in [-0.05, 0) is 0 Å². The summed E-state index contributed by atoms with van der Waals surface area (Å²) in [4.78, 5) is 13.4. The SMILES string of the molecule is NP(=O)(OI)N1CCN(C(=O)OCCOCCOCCO)CC1. The molecule has 1 amide bonds. The number of ether oxygens (including phenoxy) is 3. The molecule has 0 aromatic rings. The van der Waals surface area contributed by atoms with Crippen molar-refractivity contribution < 1.29 is 31.5 Å². The van der Waals surface area contributed by atoms with E-state index in [0.717, 1.165) is 0 Å². The summed E-state index contributed by atoms with van der Waals surface area (Å²) >= 11 is 1.52. The summed E-state index contributed by atoms with van der Waals surface area (Å²) in [6.45, 7) is 2.91. The quantitative estimate of drug-likeness (QED) is 0.264. The molecule has 1 unspecified atom stereocenters. The number of aliphatic hydroxyl groups is 1. The average molecular weight is 467 g/mol. The van der Waals surface area contributed by atoms with Gasteiger partial charge in [-0.1, -0.05) is 0 Å². The fraction of sp³-hybridized carbons (Fsp3) is 0.909. The largest absolute Gasteiger partial charge is 0.447 e. The number of nitrogens with two attached hydrogens (primary N) is 1. The first-order valence-corrected chi connectivity index (χ1v) is 9.66. The third kappa shape index (κ3) is 8.07. The first kappa shape index (κ1) is 21.0. The van der Waals surface area contributed by atoms with Crippen molar-refractivity contribution in [2.45, 2.75) is 0 Å². The molecule has 0 saturated carbocycles. The van der Waals surface area contributed by atoms with Crippen molar-refractivity contribution in [1.29, 1.82) is 0 Å². The van der Waals surface area contributed by atoms with Gasteiger partial charge in [0.25, 0.3) is 0 Å². The van der Waals surface area contributed by atoms with Crippen LogP contribution < -0.4 is 5.50 Å². The third-order valence-corrected chi connectivity index (χ3v) is 6.15. The molecule has 1 atom stereocenters. The summed E-state index contributed by atoms with van der Waals surface area (Å²) < 4.78 is 33.4. The summed E-state index contributed by atoms with van der Waals surface area (Å²) in [5.74, 6) is 0. The van der Waals surface area contributed by atoms with Gasteiger partial charge in [0, 0.05) is 26.2 Å². The molecular formula is C11H23IN3O7P. The zero-order valence-corrected chi connectivity index (χ0v) is 15.8. The van der Waals surface area contributed by atoms with Gasteiger partial charge in [-0.25, -0.2) is 17.8 Å². The minimum absolute atomic E-state index is 0.0194. The number of hydrogen-bond acceptors (Lipinski definition) is 7. The van der Waals surface area contributed by atoms with Crippen LogP contribution in [0, 0.1) is 0 Å². The Morgan fingerprint density at radius 2 is 1.65 bits per heavy atom. The van der Waals surface area contributed by atoms with Crippen molar-refractivity contribution in [2.24, 2.45) is 5.50 Å². The molecule has 136 valence electrons. The molecule has 1 aliphatic heterocycles. The molecule has 23 heavy (non-hydrogen) atoms. The lowest BCUT2D eigenvalue weighted by molar-refractivity contribution is 0.0129. The van der Waals surface area contributed by atoms with E-state index in [4.69, 9.17) is 27.7 Å². The van der Waals surface area contributed by atoms with E-state index in [-0.39, 0.29) is 26.4 Å². The number of hydrogen-bond donors (Lipinski definition) is 2. The highest BCUT2D eigenvalue weighted by atomic mass is 127. The average Bonchev–Trinajstić information content (AvgIpc) is 2.57. The van der Waals surface area contributed by atoms with Crippen LogP contribution in [0.25, 0.3) is 0 Å². The molecule has 12 heteroatoms. The highest BCUT2D eigenvalue weighted by Crippen LogP contribution is 2.44. The number of amides is 1. The molecule has 0 radical (unpaired) electrons. The number of rotatable bonds is 10. The van der Waals surface area contributed by atoms with Crippen LogP contribution in [0.2, 0.25) is 0 Å². The van der Waals surface area contributed by atoms with E-state index in [9.17, 15) is 9.36 Å². The maximum atomic E-state index is 11.9. The molecule has 10 nitrogen and oxygen atoms in total. The van der Waals surface area contributed by atoms with Gasteiger partial charge in [0.15, 0.2) is 0 Å². The number of carbonyl (C=O) groups is 1. The van der Waals surface area contributed by atoms with Crippen LogP contribution in [0.5, 0.6) is 0 Å². The molecule has 3 N–H and O–H groups in total. The van der Waals surface area contributed by atoms with E-state index in [0.29, 0.717) is 39.4 Å². The molecule has 1 saturated heterocycles. The van der Waals surface area contributed by atoms with E-state index < -0.39 is 13.8 Å². The Morgan fingerprint density at radius 1 is 1.09 bits per heavy atom. The Balaban J connectivity index is 2.09. The van der Waals surface area contributed by atoms with Gasteiger partial charge in [0.05, 0.1) is 33.0 Å². The minimum Gasteiger partial charge on any atom is -0.447 e. The Labute approximate surface area is 149 Å². The highest BCUT2D eigenvalue weighted by Gasteiger charge is 2.32. The van der Waals surface area contributed by atoms with Crippen molar-refractivity contribution in [2.75, 3.05) is 65.8 Å². The van der Waals surface area contributed by atoms with Gasteiger partial charge in [-0.2, -0.15) is 0 Å². The number of nitrogens with zero attached hydrogens (tertiary/aromatic N) is 2. The van der Waals surface area contributed by atoms with Gasteiger partial charge in [-0.15, -0.1) is 0 Å². The second kappa shape index (κ2) is 11.5. The standard InChI is InChI=1S/C11H23IN3O7P/c12-22-23(13,18)15-3-1-14(2-4-15)11(17)21-10-9-20-8-7-19-6-5-16/h16H,1-10H2,(H2,13,18).